The van der Waals surface area contributed by atoms with Gasteiger partial charge in [0.2, 0.25) is 0 Å². The first-order chi connectivity index (χ1) is 13.6. The molecule has 2 aliphatic rings. The monoisotopic (exact) mass is 399 g/mol. The first-order valence-corrected chi connectivity index (χ1v) is 11.1. The number of hydrogen-bond donors (Lipinski definition) is 0. The van der Waals surface area contributed by atoms with Crippen LogP contribution in [0.2, 0.25) is 0 Å². The van der Waals surface area contributed by atoms with Crippen molar-refractivity contribution in [3.63, 3.8) is 0 Å². The molecule has 2 heterocycles. The number of rotatable bonds is 8. The number of aromatic nitrogens is 1. The molecular formula is C22H29N3O2S. The second-order valence-corrected chi connectivity index (χ2v) is 9.04. The van der Waals surface area contributed by atoms with Gasteiger partial charge in [-0.3, -0.25) is 4.79 Å². The molecule has 2 aromatic rings. The standard InChI is InChI=1S/C22H29N3O2S/c1-16-23-21(15-28-16)22(26)25(19-8-9-19)14-17-5-3-7-20(13-17)27-12-10-18-6-4-11-24(18)2/h3,5,7,13,15,18-19H,4,6,8-12,14H2,1-2H3. The third-order valence-corrected chi connectivity index (χ3v) is 6.50. The molecule has 0 bridgehead atoms. The van der Waals surface area contributed by atoms with Crippen LogP contribution < -0.4 is 4.74 Å². The van der Waals surface area contributed by atoms with Gasteiger partial charge in [0.1, 0.15) is 11.4 Å². The van der Waals surface area contributed by atoms with Gasteiger partial charge in [-0.15, -0.1) is 11.3 Å². The van der Waals surface area contributed by atoms with Crippen LogP contribution in [0.15, 0.2) is 29.6 Å². The van der Waals surface area contributed by atoms with Crippen molar-refractivity contribution >= 4 is 17.2 Å². The molecule has 1 saturated heterocycles. The molecule has 1 aliphatic carbocycles. The maximum Gasteiger partial charge on any atom is 0.273 e. The number of thiazole rings is 1. The SMILES string of the molecule is Cc1nc(C(=O)N(Cc2cccc(OCCC3CCCN3C)c2)C2CC2)cs1. The fourth-order valence-corrected chi connectivity index (χ4v) is 4.54. The summed E-state index contributed by atoms with van der Waals surface area (Å²) in [4.78, 5) is 21.7. The third kappa shape index (κ3) is 4.73. The lowest BCUT2D eigenvalue weighted by atomic mass is 10.1. The summed E-state index contributed by atoms with van der Waals surface area (Å²) >= 11 is 1.53. The molecule has 1 atom stereocenters. The molecule has 1 aromatic carbocycles. The van der Waals surface area contributed by atoms with Crippen molar-refractivity contribution in [2.24, 2.45) is 0 Å². The molecule has 1 saturated carbocycles. The summed E-state index contributed by atoms with van der Waals surface area (Å²) in [7, 11) is 2.20. The number of hydrogen-bond acceptors (Lipinski definition) is 5. The number of ether oxygens (including phenoxy) is 1. The van der Waals surface area contributed by atoms with E-state index in [-0.39, 0.29) is 5.91 Å². The van der Waals surface area contributed by atoms with Gasteiger partial charge in [-0.1, -0.05) is 12.1 Å². The van der Waals surface area contributed by atoms with Crippen LogP contribution in [0.3, 0.4) is 0 Å². The Balaban J connectivity index is 1.36. The molecule has 0 N–H and O–H groups in total. The molecule has 150 valence electrons. The molecular weight excluding hydrogens is 370 g/mol. The van der Waals surface area contributed by atoms with Gasteiger partial charge >= 0.3 is 0 Å². The summed E-state index contributed by atoms with van der Waals surface area (Å²) in [5.74, 6) is 0.938. The maximum absolute atomic E-state index is 12.9. The molecule has 1 unspecified atom stereocenters. The number of nitrogens with zero attached hydrogens (tertiary/aromatic N) is 3. The maximum atomic E-state index is 12.9. The van der Waals surface area contributed by atoms with Crippen LogP contribution in [0.1, 0.15) is 53.2 Å². The first kappa shape index (κ1) is 19.4. The molecule has 0 radical (unpaired) electrons. The summed E-state index contributed by atoms with van der Waals surface area (Å²) in [6, 6.07) is 9.17. The van der Waals surface area contributed by atoms with Gasteiger partial charge in [0.15, 0.2) is 0 Å². The van der Waals surface area contributed by atoms with Crippen LogP contribution >= 0.6 is 11.3 Å². The van der Waals surface area contributed by atoms with Gasteiger partial charge in [-0.2, -0.15) is 0 Å². The summed E-state index contributed by atoms with van der Waals surface area (Å²) in [5, 5.41) is 2.80. The van der Waals surface area contributed by atoms with E-state index in [9.17, 15) is 4.79 Å². The zero-order chi connectivity index (χ0) is 19.5. The molecule has 1 aromatic heterocycles. The second kappa shape index (κ2) is 8.62. The Labute approximate surface area is 171 Å². The predicted octanol–water partition coefficient (Wildman–Crippen LogP) is 4.12. The molecule has 1 aliphatic heterocycles. The molecule has 4 rings (SSSR count). The summed E-state index contributed by atoms with van der Waals surface area (Å²) < 4.78 is 6.02. The Morgan fingerprint density at radius 3 is 2.89 bits per heavy atom. The second-order valence-electron chi connectivity index (χ2n) is 7.98. The van der Waals surface area contributed by atoms with E-state index in [0.29, 0.717) is 24.3 Å². The molecule has 2 fully saturated rings. The van der Waals surface area contributed by atoms with Crippen molar-refractivity contribution in [1.82, 2.24) is 14.8 Å². The van der Waals surface area contributed by atoms with Gasteiger partial charge in [-0.25, -0.2) is 4.98 Å². The Hall–Kier alpha value is -1.92. The number of benzene rings is 1. The van der Waals surface area contributed by atoms with E-state index < -0.39 is 0 Å². The zero-order valence-electron chi connectivity index (χ0n) is 16.8. The van der Waals surface area contributed by atoms with Gasteiger partial charge in [0.25, 0.3) is 5.91 Å². The smallest absolute Gasteiger partial charge is 0.273 e. The lowest BCUT2D eigenvalue weighted by Crippen LogP contribution is -2.32. The first-order valence-electron chi connectivity index (χ1n) is 10.3. The Morgan fingerprint density at radius 1 is 1.36 bits per heavy atom. The quantitative estimate of drug-likeness (QED) is 0.670. The zero-order valence-corrected chi connectivity index (χ0v) is 17.6. The lowest BCUT2D eigenvalue weighted by molar-refractivity contribution is 0.0724. The number of carbonyl (C=O) groups is 1. The molecule has 28 heavy (non-hydrogen) atoms. The fraction of sp³-hybridized carbons (Fsp3) is 0.545. The topological polar surface area (TPSA) is 45.7 Å². The average molecular weight is 400 g/mol. The van der Waals surface area contributed by atoms with Crippen molar-refractivity contribution in [3.05, 3.63) is 45.9 Å². The molecule has 0 spiro atoms. The van der Waals surface area contributed by atoms with E-state index in [2.05, 4.69) is 29.1 Å². The number of likely N-dealkylation sites (tertiary alicyclic amines) is 1. The number of amides is 1. The predicted molar refractivity (Wildman–Crippen MR) is 112 cm³/mol. The van der Waals surface area contributed by atoms with Crippen molar-refractivity contribution in [2.75, 3.05) is 20.2 Å². The van der Waals surface area contributed by atoms with E-state index >= 15 is 0 Å². The van der Waals surface area contributed by atoms with E-state index in [1.165, 1.54) is 30.7 Å². The van der Waals surface area contributed by atoms with E-state index in [0.717, 1.165) is 42.2 Å². The minimum Gasteiger partial charge on any atom is -0.494 e. The van der Waals surface area contributed by atoms with Crippen molar-refractivity contribution in [3.8, 4) is 5.75 Å². The van der Waals surface area contributed by atoms with Crippen molar-refractivity contribution in [2.45, 2.75) is 57.7 Å². The highest BCUT2D eigenvalue weighted by atomic mass is 32.1. The minimum absolute atomic E-state index is 0.0439. The highest BCUT2D eigenvalue weighted by molar-refractivity contribution is 7.09. The average Bonchev–Trinajstić information content (AvgIpc) is 3.31. The van der Waals surface area contributed by atoms with Crippen molar-refractivity contribution in [1.29, 1.82) is 0 Å². The van der Waals surface area contributed by atoms with E-state index in [1.807, 2.05) is 29.3 Å². The van der Waals surface area contributed by atoms with E-state index in [1.54, 1.807) is 0 Å². The van der Waals surface area contributed by atoms with Gasteiger partial charge in [0, 0.05) is 24.0 Å². The van der Waals surface area contributed by atoms with Gasteiger partial charge < -0.3 is 14.5 Å². The molecule has 6 heteroatoms. The minimum atomic E-state index is 0.0439. The van der Waals surface area contributed by atoms with Crippen LogP contribution in [0, 0.1) is 6.92 Å². The van der Waals surface area contributed by atoms with Crippen molar-refractivity contribution < 1.29 is 9.53 Å². The summed E-state index contributed by atoms with van der Waals surface area (Å²) in [6.45, 7) is 4.49. The van der Waals surface area contributed by atoms with Crippen LogP contribution in [0.5, 0.6) is 5.75 Å². The third-order valence-electron chi connectivity index (χ3n) is 5.73. The molecule has 5 nitrogen and oxygen atoms in total. The van der Waals surface area contributed by atoms with Crippen LogP contribution in [0.25, 0.3) is 0 Å². The van der Waals surface area contributed by atoms with E-state index in [4.69, 9.17) is 4.74 Å². The Kier molecular flexibility index (Phi) is 5.97. The highest BCUT2D eigenvalue weighted by Gasteiger charge is 2.34. The van der Waals surface area contributed by atoms with Crippen LogP contribution in [0.4, 0.5) is 0 Å². The number of carbonyl (C=O) groups excluding carboxylic acids is 1. The highest BCUT2D eigenvalue weighted by Crippen LogP contribution is 2.30. The largest absolute Gasteiger partial charge is 0.494 e. The number of aryl methyl sites for hydroxylation is 1. The van der Waals surface area contributed by atoms with Gasteiger partial charge in [0.05, 0.1) is 11.6 Å². The molecule has 1 amide bonds. The van der Waals surface area contributed by atoms with Crippen LogP contribution in [-0.4, -0.2) is 53.0 Å². The fourth-order valence-electron chi connectivity index (χ4n) is 3.95. The van der Waals surface area contributed by atoms with Gasteiger partial charge in [-0.05, 0) is 70.3 Å². The Bertz CT molecular complexity index is 818. The summed E-state index contributed by atoms with van der Waals surface area (Å²) in [6.07, 6.45) is 5.80. The Morgan fingerprint density at radius 2 is 2.21 bits per heavy atom. The van der Waals surface area contributed by atoms with Crippen LogP contribution in [-0.2, 0) is 6.54 Å². The summed E-state index contributed by atoms with van der Waals surface area (Å²) in [5.41, 5.74) is 1.69. The lowest BCUT2D eigenvalue weighted by Gasteiger charge is -2.22. The normalized spacial score (nSPS) is 19.7.